The summed E-state index contributed by atoms with van der Waals surface area (Å²) in [6, 6.07) is 1.83. The third kappa shape index (κ3) is 1.98. The first-order valence-corrected chi connectivity index (χ1v) is 6.55. The van der Waals surface area contributed by atoms with Crippen LogP contribution in [0.25, 0.3) is 0 Å². The maximum absolute atomic E-state index is 2.73. The molecular weight excluding hydrogens is 170 g/mol. The Hall–Kier alpha value is -0.0400. The smallest absolute Gasteiger partial charge is 0.0123 e. The van der Waals surface area contributed by atoms with Gasteiger partial charge in [-0.2, -0.15) is 0 Å². The molecule has 0 radical (unpaired) electrons. The lowest BCUT2D eigenvalue weighted by molar-refractivity contribution is 0.138. The van der Waals surface area contributed by atoms with Gasteiger partial charge in [0.15, 0.2) is 0 Å². The van der Waals surface area contributed by atoms with Crippen LogP contribution in [0.4, 0.5) is 0 Å². The maximum atomic E-state index is 2.73. The third-order valence-corrected chi connectivity index (χ3v) is 4.57. The highest BCUT2D eigenvalue weighted by Crippen LogP contribution is 2.34. The number of hydrogen-bond donors (Lipinski definition) is 0. The monoisotopic (exact) mass is 195 g/mol. The van der Waals surface area contributed by atoms with Crippen LogP contribution in [0.1, 0.15) is 58.3 Å². The van der Waals surface area contributed by atoms with Crippen molar-refractivity contribution in [1.29, 1.82) is 0 Å². The molecule has 0 aromatic rings. The minimum Gasteiger partial charge on any atom is -0.300 e. The van der Waals surface area contributed by atoms with E-state index in [0.29, 0.717) is 0 Å². The predicted molar refractivity (Wildman–Crippen MR) is 61.4 cm³/mol. The summed E-state index contributed by atoms with van der Waals surface area (Å²) in [4.78, 5) is 2.73. The van der Waals surface area contributed by atoms with Crippen molar-refractivity contribution in [1.82, 2.24) is 4.90 Å². The van der Waals surface area contributed by atoms with Gasteiger partial charge in [0, 0.05) is 12.1 Å². The highest BCUT2D eigenvalue weighted by atomic mass is 15.2. The van der Waals surface area contributed by atoms with E-state index in [1.807, 2.05) is 0 Å². The molecule has 0 spiro atoms. The van der Waals surface area contributed by atoms with Crippen molar-refractivity contribution in [3.05, 3.63) is 0 Å². The van der Waals surface area contributed by atoms with Gasteiger partial charge in [-0.05, 0) is 38.6 Å². The minimum atomic E-state index is 0.912. The summed E-state index contributed by atoms with van der Waals surface area (Å²) in [5, 5.41) is 0. The molecule has 0 saturated carbocycles. The van der Waals surface area contributed by atoms with Gasteiger partial charge in [0.05, 0.1) is 0 Å². The van der Waals surface area contributed by atoms with E-state index in [1.54, 1.807) is 0 Å². The summed E-state index contributed by atoms with van der Waals surface area (Å²) in [6.45, 7) is 2.38. The topological polar surface area (TPSA) is 3.24 Å². The van der Waals surface area contributed by atoms with Gasteiger partial charge in [-0.3, -0.25) is 0 Å². The molecule has 0 N–H and O–H groups in total. The van der Waals surface area contributed by atoms with Gasteiger partial charge in [0.25, 0.3) is 0 Å². The zero-order valence-electron chi connectivity index (χ0n) is 9.84. The molecule has 0 aromatic carbocycles. The van der Waals surface area contributed by atoms with Crippen LogP contribution in [-0.4, -0.2) is 24.0 Å². The van der Waals surface area contributed by atoms with Gasteiger partial charge in [0.2, 0.25) is 0 Å². The van der Waals surface area contributed by atoms with Gasteiger partial charge >= 0.3 is 0 Å². The number of fused-ring (bicyclic) bond motifs is 2. The van der Waals surface area contributed by atoms with Gasteiger partial charge in [-0.15, -0.1) is 0 Å². The van der Waals surface area contributed by atoms with Crippen molar-refractivity contribution < 1.29 is 0 Å². The minimum absolute atomic E-state index is 0.912. The molecule has 2 bridgehead atoms. The van der Waals surface area contributed by atoms with Crippen LogP contribution in [0.3, 0.4) is 0 Å². The second-order valence-corrected chi connectivity index (χ2v) is 5.27. The van der Waals surface area contributed by atoms with E-state index in [1.165, 1.54) is 51.4 Å². The largest absolute Gasteiger partial charge is 0.300 e. The fourth-order valence-electron chi connectivity index (χ4n) is 3.61. The zero-order chi connectivity index (χ0) is 9.97. The first-order valence-electron chi connectivity index (χ1n) is 6.55. The first-order chi connectivity index (χ1) is 6.83. The quantitative estimate of drug-likeness (QED) is 0.619. The molecule has 14 heavy (non-hydrogen) atoms. The molecule has 1 heteroatoms. The first kappa shape index (κ1) is 10.5. The van der Waals surface area contributed by atoms with Gasteiger partial charge < -0.3 is 4.90 Å². The van der Waals surface area contributed by atoms with Crippen LogP contribution >= 0.6 is 0 Å². The lowest BCUT2D eigenvalue weighted by atomic mass is 9.89. The van der Waals surface area contributed by atoms with Gasteiger partial charge in [0.1, 0.15) is 0 Å². The summed E-state index contributed by atoms with van der Waals surface area (Å²) in [5.74, 6) is 0.989. The highest BCUT2D eigenvalue weighted by Gasteiger charge is 2.32. The van der Waals surface area contributed by atoms with Crippen LogP contribution in [-0.2, 0) is 0 Å². The van der Waals surface area contributed by atoms with E-state index in [2.05, 4.69) is 18.9 Å². The number of hydrogen-bond acceptors (Lipinski definition) is 1. The Morgan fingerprint density at radius 2 is 1.71 bits per heavy atom. The lowest BCUT2D eigenvalue weighted by Crippen LogP contribution is -2.40. The van der Waals surface area contributed by atoms with E-state index in [-0.39, 0.29) is 0 Å². The second kappa shape index (κ2) is 4.65. The molecule has 2 heterocycles. The SMILES string of the molecule is CCC1CCCC2CCCCC1N2C. The zero-order valence-corrected chi connectivity index (χ0v) is 9.84. The van der Waals surface area contributed by atoms with E-state index in [0.717, 1.165) is 18.0 Å². The molecule has 2 fully saturated rings. The van der Waals surface area contributed by atoms with Crippen molar-refractivity contribution in [3.63, 3.8) is 0 Å². The van der Waals surface area contributed by atoms with E-state index in [9.17, 15) is 0 Å². The average Bonchev–Trinajstić information content (AvgIpc) is 2.47. The molecule has 1 nitrogen and oxygen atoms in total. The molecule has 82 valence electrons. The molecular formula is C13H25N. The van der Waals surface area contributed by atoms with Crippen LogP contribution in [0.5, 0.6) is 0 Å². The molecule has 0 amide bonds. The van der Waals surface area contributed by atoms with Crippen molar-refractivity contribution in [2.24, 2.45) is 5.92 Å². The Morgan fingerprint density at radius 1 is 1.00 bits per heavy atom. The standard InChI is InChI=1S/C13H25N/c1-3-11-7-6-9-12-8-4-5-10-13(11)14(12)2/h11-13H,3-10H2,1-2H3. The van der Waals surface area contributed by atoms with Gasteiger partial charge in [-0.1, -0.05) is 32.6 Å². The fraction of sp³-hybridized carbons (Fsp3) is 1.00. The maximum Gasteiger partial charge on any atom is 0.0123 e. The number of nitrogens with zero attached hydrogens (tertiary/aromatic N) is 1. The Bertz CT molecular complexity index is 178. The normalized spacial score (nSPS) is 40.3. The van der Waals surface area contributed by atoms with Crippen molar-refractivity contribution in [3.8, 4) is 0 Å². The van der Waals surface area contributed by atoms with Crippen molar-refractivity contribution in [2.75, 3.05) is 7.05 Å². The highest BCUT2D eigenvalue weighted by molar-refractivity contribution is 4.87. The van der Waals surface area contributed by atoms with Crippen LogP contribution < -0.4 is 0 Å². The van der Waals surface area contributed by atoms with Crippen molar-refractivity contribution >= 4 is 0 Å². The summed E-state index contributed by atoms with van der Waals surface area (Å²) in [5.41, 5.74) is 0. The molecule has 2 aliphatic rings. The van der Waals surface area contributed by atoms with Crippen LogP contribution in [0, 0.1) is 5.92 Å². The Labute approximate surface area is 88.9 Å². The van der Waals surface area contributed by atoms with Crippen molar-refractivity contribution in [2.45, 2.75) is 70.4 Å². The van der Waals surface area contributed by atoms with Crippen LogP contribution in [0.2, 0.25) is 0 Å². The van der Waals surface area contributed by atoms with Crippen LogP contribution in [0.15, 0.2) is 0 Å². The molecule has 2 rings (SSSR count). The summed E-state index contributed by atoms with van der Waals surface area (Å²) in [7, 11) is 2.38. The Morgan fingerprint density at radius 3 is 2.50 bits per heavy atom. The molecule has 0 aliphatic carbocycles. The lowest BCUT2D eigenvalue weighted by Gasteiger charge is -2.34. The Balaban J connectivity index is 2.12. The van der Waals surface area contributed by atoms with E-state index < -0.39 is 0 Å². The van der Waals surface area contributed by atoms with E-state index >= 15 is 0 Å². The fourth-order valence-corrected chi connectivity index (χ4v) is 3.61. The molecule has 3 atom stereocenters. The molecule has 2 aliphatic heterocycles. The molecule has 2 saturated heterocycles. The number of rotatable bonds is 1. The summed E-state index contributed by atoms with van der Waals surface area (Å²) in [6.07, 6.45) is 11.7. The molecule has 3 unspecified atom stereocenters. The Kier molecular flexibility index (Phi) is 3.48. The van der Waals surface area contributed by atoms with E-state index in [4.69, 9.17) is 0 Å². The average molecular weight is 195 g/mol. The van der Waals surface area contributed by atoms with Gasteiger partial charge in [-0.25, -0.2) is 0 Å². The predicted octanol–water partition coefficient (Wildman–Crippen LogP) is 3.44. The third-order valence-electron chi connectivity index (χ3n) is 4.57. The summed E-state index contributed by atoms with van der Waals surface area (Å²) >= 11 is 0. The second-order valence-electron chi connectivity index (χ2n) is 5.27. The molecule has 0 aromatic heterocycles. The summed E-state index contributed by atoms with van der Waals surface area (Å²) < 4.78 is 0.